The first-order chi connectivity index (χ1) is 10.7. The summed E-state index contributed by atoms with van der Waals surface area (Å²) in [6.07, 6.45) is 2.29. The minimum Gasteiger partial charge on any atom is -0.396 e. The molecule has 2 aromatic heterocycles. The molecule has 0 aliphatic heterocycles. The normalized spacial score (nSPS) is 14.2. The molecule has 4 rings (SSSR count). The van der Waals surface area contributed by atoms with Crippen LogP contribution in [0.3, 0.4) is 0 Å². The Kier molecular flexibility index (Phi) is 2.88. The van der Waals surface area contributed by atoms with Crippen LogP contribution in [0, 0.1) is 17.1 Å². The highest BCUT2D eigenvalue weighted by Gasteiger charge is 2.27. The Morgan fingerprint density at radius 2 is 2.00 bits per heavy atom. The molecule has 108 valence electrons. The van der Waals surface area contributed by atoms with Crippen LogP contribution in [-0.4, -0.2) is 4.98 Å². The van der Waals surface area contributed by atoms with Gasteiger partial charge in [0.15, 0.2) is 0 Å². The van der Waals surface area contributed by atoms with Crippen molar-refractivity contribution >= 4 is 27.2 Å². The summed E-state index contributed by atoms with van der Waals surface area (Å²) >= 11 is 1.32. The van der Waals surface area contributed by atoms with Crippen molar-refractivity contribution in [3.05, 3.63) is 46.7 Å². The molecule has 1 aliphatic carbocycles. The van der Waals surface area contributed by atoms with Crippen molar-refractivity contribution in [1.82, 2.24) is 4.98 Å². The number of halogens is 1. The molecule has 0 amide bonds. The maximum absolute atomic E-state index is 13.2. The van der Waals surface area contributed by atoms with Crippen LogP contribution in [-0.2, 0) is 0 Å². The van der Waals surface area contributed by atoms with Gasteiger partial charge < -0.3 is 5.73 Å². The number of fused-ring (bicyclic) bond motifs is 1. The lowest BCUT2D eigenvalue weighted by molar-refractivity contribution is 0.628. The number of rotatable bonds is 2. The fourth-order valence-corrected chi connectivity index (χ4v) is 3.59. The predicted octanol–water partition coefficient (Wildman–Crippen LogP) is 4.43. The van der Waals surface area contributed by atoms with Crippen molar-refractivity contribution in [2.75, 3.05) is 5.73 Å². The molecule has 1 aromatic carbocycles. The van der Waals surface area contributed by atoms with E-state index in [2.05, 4.69) is 11.1 Å². The van der Waals surface area contributed by atoms with Crippen LogP contribution in [0.25, 0.3) is 21.3 Å². The minimum atomic E-state index is -0.271. The Bertz CT molecular complexity index is 918. The van der Waals surface area contributed by atoms with Gasteiger partial charge in [0, 0.05) is 17.0 Å². The van der Waals surface area contributed by atoms with Gasteiger partial charge in [0.2, 0.25) is 0 Å². The highest BCUT2D eigenvalue weighted by Crippen LogP contribution is 2.45. The smallest absolute Gasteiger partial charge is 0.130 e. The van der Waals surface area contributed by atoms with Gasteiger partial charge in [-0.1, -0.05) is 12.1 Å². The number of nitrogens with two attached hydrogens (primary N) is 1. The Morgan fingerprint density at radius 1 is 1.27 bits per heavy atom. The SMILES string of the molecule is N#Cc1sc2nc(C3CC3)cc(-c3ccc(F)cc3)c2c1N. The Hall–Kier alpha value is -2.45. The standard InChI is InChI=1S/C17H12FN3S/c18-11-5-3-9(4-6-11)12-7-13(10-1-2-10)21-17-15(12)16(20)14(8-19)22-17/h3-7,10H,1-2,20H2. The van der Waals surface area contributed by atoms with Crippen molar-refractivity contribution in [3.8, 4) is 17.2 Å². The fourth-order valence-electron chi connectivity index (χ4n) is 2.67. The van der Waals surface area contributed by atoms with Gasteiger partial charge in [-0.3, -0.25) is 0 Å². The van der Waals surface area contributed by atoms with E-state index in [4.69, 9.17) is 5.73 Å². The van der Waals surface area contributed by atoms with E-state index in [-0.39, 0.29) is 5.82 Å². The minimum absolute atomic E-state index is 0.271. The second-order valence-electron chi connectivity index (χ2n) is 5.51. The number of nitriles is 1. The van der Waals surface area contributed by atoms with Gasteiger partial charge in [-0.2, -0.15) is 5.26 Å². The predicted molar refractivity (Wildman–Crippen MR) is 86.1 cm³/mol. The first-order valence-electron chi connectivity index (χ1n) is 7.06. The third-order valence-corrected chi connectivity index (χ3v) is 4.98. The summed E-state index contributed by atoms with van der Waals surface area (Å²) in [5, 5.41) is 10.0. The van der Waals surface area contributed by atoms with Crippen molar-refractivity contribution < 1.29 is 4.39 Å². The van der Waals surface area contributed by atoms with Crippen molar-refractivity contribution in [3.63, 3.8) is 0 Å². The van der Waals surface area contributed by atoms with Crippen LogP contribution in [0.4, 0.5) is 10.1 Å². The summed E-state index contributed by atoms with van der Waals surface area (Å²) in [4.78, 5) is 5.96. The second kappa shape index (κ2) is 4.79. The lowest BCUT2D eigenvalue weighted by Crippen LogP contribution is -1.92. The van der Waals surface area contributed by atoms with Gasteiger partial charge in [-0.05, 0) is 42.2 Å². The van der Waals surface area contributed by atoms with Crippen LogP contribution >= 0.6 is 11.3 Å². The maximum Gasteiger partial charge on any atom is 0.130 e. The van der Waals surface area contributed by atoms with Crippen LogP contribution < -0.4 is 5.73 Å². The Balaban J connectivity index is 2.03. The number of aromatic nitrogens is 1. The summed E-state index contributed by atoms with van der Waals surface area (Å²) in [5.74, 6) is 0.227. The summed E-state index contributed by atoms with van der Waals surface area (Å²) in [6.45, 7) is 0. The van der Waals surface area contributed by atoms with Crippen molar-refractivity contribution in [1.29, 1.82) is 5.26 Å². The van der Waals surface area contributed by atoms with Crippen LogP contribution in [0.1, 0.15) is 29.3 Å². The number of nitrogens with zero attached hydrogens (tertiary/aromatic N) is 2. The van der Waals surface area contributed by atoms with Crippen LogP contribution in [0.2, 0.25) is 0 Å². The average molecular weight is 309 g/mol. The molecule has 22 heavy (non-hydrogen) atoms. The molecule has 0 bridgehead atoms. The van der Waals surface area contributed by atoms with Gasteiger partial charge >= 0.3 is 0 Å². The van der Waals surface area contributed by atoms with Crippen molar-refractivity contribution in [2.24, 2.45) is 0 Å². The zero-order valence-corrected chi connectivity index (χ0v) is 12.5. The highest BCUT2D eigenvalue weighted by atomic mass is 32.1. The third kappa shape index (κ3) is 2.04. The van der Waals surface area contributed by atoms with Gasteiger partial charge in [-0.15, -0.1) is 11.3 Å². The van der Waals surface area contributed by atoms with E-state index < -0.39 is 0 Å². The highest BCUT2D eigenvalue weighted by molar-refractivity contribution is 7.20. The zero-order chi connectivity index (χ0) is 15.3. The monoisotopic (exact) mass is 309 g/mol. The van der Waals surface area contributed by atoms with E-state index in [1.807, 2.05) is 6.07 Å². The molecule has 0 atom stereocenters. The molecule has 1 aliphatic rings. The molecule has 0 spiro atoms. The number of thiophene rings is 1. The Labute approximate surface area is 130 Å². The van der Waals surface area contributed by atoms with E-state index in [1.54, 1.807) is 12.1 Å². The van der Waals surface area contributed by atoms with Crippen LogP contribution in [0.5, 0.6) is 0 Å². The van der Waals surface area contributed by atoms with E-state index >= 15 is 0 Å². The van der Waals surface area contributed by atoms with Gasteiger partial charge in [0.25, 0.3) is 0 Å². The molecule has 3 aromatic rings. The average Bonchev–Trinajstić information content (AvgIpc) is 3.32. The molecule has 1 saturated carbocycles. The summed E-state index contributed by atoms with van der Waals surface area (Å²) < 4.78 is 13.2. The molecular formula is C17H12FN3S. The van der Waals surface area contributed by atoms with Crippen molar-refractivity contribution in [2.45, 2.75) is 18.8 Å². The van der Waals surface area contributed by atoms with Gasteiger partial charge in [0.1, 0.15) is 21.6 Å². The second-order valence-corrected chi connectivity index (χ2v) is 6.51. The molecule has 0 unspecified atom stereocenters. The van der Waals surface area contributed by atoms with E-state index in [0.717, 1.165) is 39.9 Å². The first-order valence-corrected chi connectivity index (χ1v) is 7.88. The zero-order valence-electron chi connectivity index (χ0n) is 11.6. The van der Waals surface area contributed by atoms with E-state index in [9.17, 15) is 9.65 Å². The Morgan fingerprint density at radius 3 is 2.64 bits per heavy atom. The molecule has 1 fully saturated rings. The lowest BCUT2D eigenvalue weighted by Gasteiger charge is -2.08. The molecule has 0 saturated heterocycles. The third-order valence-electron chi connectivity index (χ3n) is 3.97. The first kappa shape index (κ1) is 13.2. The number of hydrogen-bond acceptors (Lipinski definition) is 4. The molecule has 0 radical (unpaired) electrons. The molecule has 5 heteroatoms. The quantitative estimate of drug-likeness (QED) is 0.761. The number of hydrogen-bond donors (Lipinski definition) is 1. The summed E-state index contributed by atoms with van der Waals surface area (Å²) in [6, 6.07) is 10.5. The number of pyridine rings is 1. The number of anilines is 1. The molecule has 2 heterocycles. The fraction of sp³-hybridized carbons (Fsp3) is 0.176. The molecule has 3 nitrogen and oxygen atoms in total. The van der Waals surface area contributed by atoms with E-state index in [1.165, 1.54) is 23.5 Å². The van der Waals surface area contributed by atoms with E-state index in [0.29, 0.717) is 16.5 Å². The topological polar surface area (TPSA) is 62.7 Å². The number of benzene rings is 1. The number of nitrogen functional groups attached to an aromatic ring is 1. The van der Waals surface area contributed by atoms with Crippen LogP contribution in [0.15, 0.2) is 30.3 Å². The summed E-state index contributed by atoms with van der Waals surface area (Å²) in [7, 11) is 0. The molecular weight excluding hydrogens is 297 g/mol. The maximum atomic E-state index is 13.2. The van der Waals surface area contributed by atoms with Gasteiger partial charge in [-0.25, -0.2) is 9.37 Å². The molecule has 2 N–H and O–H groups in total. The summed E-state index contributed by atoms with van der Waals surface area (Å²) in [5.41, 5.74) is 9.47. The largest absolute Gasteiger partial charge is 0.396 e. The lowest BCUT2D eigenvalue weighted by atomic mass is 10.0. The van der Waals surface area contributed by atoms with Gasteiger partial charge in [0.05, 0.1) is 5.69 Å².